The van der Waals surface area contributed by atoms with Gasteiger partial charge in [0.1, 0.15) is 12.4 Å². The molecule has 0 fully saturated rings. The SMILES string of the molecule is CC(=O)Nc1cn(CC(=O)Nc2ccnn2C)nn1. The number of anilines is 2. The second kappa shape index (κ2) is 5.29. The quantitative estimate of drug-likeness (QED) is 0.781. The smallest absolute Gasteiger partial charge is 0.247 e. The lowest BCUT2D eigenvalue weighted by Crippen LogP contribution is -2.20. The Morgan fingerprint density at radius 3 is 2.79 bits per heavy atom. The standard InChI is InChI=1S/C10H13N7O2/c1-7(18)12-8-5-17(15-14-8)6-10(19)13-9-3-4-11-16(9)2/h3-5H,6H2,1-2H3,(H,12,18)(H,13,19). The highest BCUT2D eigenvalue weighted by Gasteiger charge is 2.08. The van der Waals surface area contributed by atoms with E-state index in [2.05, 4.69) is 26.0 Å². The Balaban J connectivity index is 1.94. The van der Waals surface area contributed by atoms with Gasteiger partial charge in [0.05, 0.1) is 12.4 Å². The molecule has 9 nitrogen and oxygen atoms in total. The van der Waals surface area contributed by atoms with Crippen LogP contribution in [0.4, 0.5) is 11.6 Å². The zero-order valence-corrected chi connectivity index (χ0v) is 10.5. The third-order valence-corrected chi connectivity index (χ3v) is 2.24. The normalized spacial score (nSPS) is 10.2. The number of aryl methyl sites for hydroxylation is 1. The van der Waals surface area contributed by atoms with Gasteiger partial charge in [0.15, 0.2) is 5.82 Å². The molecule has 0 saturated heterocycles. The second-order valence-corrected chi connectivity index (χ2v) is 3.87. The highest BCUT2D eigenvalue weighted by atomic mass is 16.2. The fourth-order valence-corrected chi connectivity index (χ4v) is 1.44. The molecule has 2 amide bonds. The molecule has 0 atom stereocenters. The molecular formula is C10H13N7O2. The Kier molecular flexibility index (Phi) is 3.55. The van der Waals surface area contributed by atoms with Gasteiger partial charge in [-0.05, 0) is 0 Å². The molecule has 0 radical (unpaired) electrons. The van der Waals surface area contributed by atoms with E-state index >= 15 is 0 Å². The van der Waals surface area contributed by atoms with Crippen LogP contribution in [0.15, 0.2) is 18.5 Å². The summed E-state index contributed by atoms with van der Waals surface area (Å²) in [5, 5.41) is 16.5. The lowest BCUT2D eigenvalue weighted by Gasteiger charge is -2.04. The Labute approximate surface area is 108 Å². The van der Waals surface area contributed by atoms with E-state index in [1.165, 1.54) is 17.8 Å². The molecular weight excluding hydrogens is 250 g/mol. The van der Waals surface area contributed by atoms with Crippen molar-refractivity contribution < 1.29 is 9.59 Å². The molecule has 2 heterocycles. The number of nitrogens with zero attached hydrogens (tertiary/aromatic N) is 5. The van der Waals surface area contributed by atoms with Crippen LogP contribution in [-0.4, -0.2) is 36.6 Å². The van der Waals surface area contributed by atoms with E-state index in [-0.39, 0.29) is 18.4 Å². The first-order chi connectivity index (χ1) is 9.04. The summed E-state index contributed by atoms with van der Waals surface area (Å²) in [6.45, 7) is 1.37. The molecule has 9 heteroatoms. The molecule has 2 N–H and O–H groups in total. The molecule has 0 aliphatic carbocycles. The van der Waals surface area contributed by atoms with Crippen LogP contribution in [0, 0.1) is 0 Å². The summed E-state index contributed by atoms with van der Waals surface area (Å²) in [7, 11) is 1.72. The Bertz CT molecular complexity index is 601. The first-order valence-corrected chi connectivity index (χ1v) is 5.50. The van der Waals surface area contributed by atoms with Crippen molar-refractivity contribution in [2.45, 2.75) is 13.5 Å². The average Bonchev–Trinajstić information content (AvgIpc) is 2.89. The Morgan fingerprint density at radius 2 is 2.16 bits per heavy atom. The summed E-state index contributed by atoms with van der Waals surface area (Å²) >= 11 is 0. The fourth-order valence-electron chi connectivity index (χ4n) is 1.44. The van der Waals surface area contributed by atoms with E-state index in [1.807, 2.05) is 0 Å². The molecule has 0 unspecified atom stereocenters. The van der Waals surface area contributed by atoms with Crippen LogP contribution in [0.3, 0.4) is 0 Å². The van der Waals surface area contributed by atoms with Gasteiger partial charge in [0.25, 0.3) is 0 Å². The topological polar surface area (TPSA) is 107 Å². The van der Waals surface area contributed by atoms with Crippen LogP contribution in [0.2, 0.25) is 0 Å². The number of hydrogen-bond acceptors (Lipinski definition) is 5. The average molecular weight is 263 g/mol. The van der Waals surface area contributed by atoms with Gasteiger partial charge < -0.3 is 10.6 Å². The molecule has 0 spiro atoms. The summed E-state index contributed by atoms with van der Waals surface area (Å²) in [4.78, 5) is 22.6. The number of nitrogens with one attached hydrogen (secondary N) is 2. The molecule has 0 aliphatic rings. The fraction of sp³-hybridized carbons (Fsp3) is 0.300. The maximum atomic E-state index is 11.7. The van der Waals surface area contributed by atoms with Gasteiger partial charge in [-0.25, -0.2) is 4.68 Å². The zero-order chi connectivity index (χ0) is 13.8. The monoisotopic (exact) mass is 263 g/mol. The van der Waals surface area contributed by atoms with Gasteiger partial charge in [0, 0.05) is 20.0 Å². The molecule has 2 rings (SSSR count). The number of rotatable bonds is 4. The Morgan fingerprint density at radius 1 is 1.37 bits per heavy atom. The van der Waals surface area contributed by atoms with E-state index < -0.39 is 0 Å². The third-order valence-electron chi connectivity index (χ3n) is 2.24. The largest absolute Gasteiger partial charge is 0.309 e. The minimum Gasteiger partial charge on any atom is -0.309 e. The first kappa shape index (κ1) is 12.7. The zero-order valence-electron chi connectivity index (χ0n) is 10.5. The van der Waals surface area contributed by atoms with Gasteiger partial charge >= 0.3 is 0 Å². The van der Waals surface area contributed by atoms with Gasteiger partial charge in [-0.2, -0.15) is 5.10 Å². The molecule has 2 aromatic rings. The highest BCUT2D eigenvalue weighted by Crippen LogP contribution is 2.04. The van der Waals surface area contributed by atoms with Gasteiger partial charge in [-0.3, -0.25) is 14.3 Å². The van der Waals surface area contributed by atoms with Crippen molar-refractivity contribution in [3.8, 4) is 0 Å². The van der Waals surface area contributed by atoms with Crippen LogP contribution < -0.4 is 10.6 Å². The highest BCUT2D eigenvalue weighted by molar-refractivity contribution is 5.90. The van der Waals surface area contributed by atoms with E-state index in [1.54, 1.807) is 24.0 Å². The molecule has 0 bridgehead atoms. The van der Waals surface area contributed by atoms with Crippen LogP contribution in [0.5, 0.6) is 0 Å². The summed E-state index contributed by atoms with van der Waals surface area (Å²) in [5.74, 6) is 0.391. The number of amides is 2. The minimum atomic E-state index is -0.261. The van der Waals surface area contributed by atoms with Crippen molar-refractivity contribution in [2.24, 2.45) is 7.05 Å². The number of carbonyl (C=O) groups excluding carboxylic acids is 2. The maximum absolute atomic E-state index is 11.7. The summed E-state index contributed by atoms with van der Waals surface area (Å²) in [6.07, 6.45) is 3.06. The van der Waals surface area contributed by atoms with E-state index in [9.17, 15) is 9.59 Å². The van der Waals surface area contributed by atoms with Crippen LogP contribution in [0.25, 0.3) is 0 Å². The number of carbonyl (C=O) groups is 2. The molecule has 100 valence electrons. The third kappa shape index (κ3) is 3.37. The summed E-state index contributed by atoms with van der Waals surface area (Å²) in [5.41, 5.74) is 0. The van der Waals surface area contributed by atoms with Crippen molar-refractivity contribution >= 4 is 23.5 Å². The van der Waals surface area contributed by atoms with E-state index in [0.29, 0.717) is 11.6 Å². The minimum absolute atomic E-state index is 0.00222. The maximum Gasteiger partial charge on any atom is 0.247 e. The van der Waals surface area contributed by atoms with Gasteiger partial charge in [-0.15, -0.1) is 5.10 Å². The van der Waals surface area contributed by atoms with Crippen molar-refractivity contribution in [1.29, 1.82) is 0 Å². The van der Waals surface area contributed by atoms with Crippen molar-refractivity contribution in [2.75, 3.05) is 10.6 Å². The van der Waals surface area contributed by atoms with Crippen molar-refractivity contribution in [3.05, 3.63) is 18.5 Å². The molecule has 0 aliphatic heterocycles. The molecule has 19 heavy (non-hydrogen) atoms. The van der Waals surface area contributed by atoms with Crippen LogP contribution in [-0.2, 0) is 23.2 Å². The first-order valence-electron chi connectivity index (χ1n) is 5.50. The van der Waals surface area contributed by atoms with Crippen LogP contribution in [0.1, 0.15) is 6.92 Å². The summed E-state index contributed by atoms with van der Waals surface area (Å²) < 4.78 is 2.87. The molecule has 0 saturated carbocycles. The molecule has 0 aromatic carbocycles. The Hall–Kier alpha value is -2.71. The van der Waals surface area contributed by atoms with Crippen LogP contribution >= 0.6 is 0 Å². The lowest BCUT2D eigenvalue weighted by molar-refractivity contribution is -0.117. The van der Waals surface area contributed by atoms with E-state index in [0.717, 1.165) is 0 Å². The number of aromatic nitrogens is 5. The summed E-state index contributed by atoms with van der Waals surface area (Å²) in [6, 6.07) is 1.68. The predicted molar refractivity (Wildman–Crippen MR) is 66.2 cm³/mol. The van der Waals surface area contributed by atoms with Gasteiger partial charge in [-0.1, -0.05) is 5.21 Å². The lowest BCUT2D eigenvalue weighted by atomic mass is 10.5. The second-order valence-electron chi connectivity index (χ2n) is 3.87. The van der Waals surface area contributed by atoms with Crippen molar-refractivity contribution in [3.63, 3.8) is 0 Å². The van der Waals surface area contributed by atoms with E-state index in [4.69, 9.17) is 0 Å². The van der Waals surface area contributed by atoms with Gasteiger partial charge in [0.2, 0.25) is 11.8 Å². The van der Waals surface area contributed by atoms with Crippen molar-refractivity contribution in [1.82, 2.24) is 24.8 Å². The number of hydrogen-bond donors (Lipinski definition) is 2. The predicted octanol–water partition coefficient (Wildman–Crippen LogP) is -0.391. The molecule has 2 aromatic heterocycles.